The lowest BCUT2D eigenvalue weighted by Crippen LogP contribution is -2.21. The van der Waals surface area contributed by atoms with Gasteiger partial charge in [0.1, 0.15) is 12.4 Å². The van der Waals surface area contributed by atoms with Gasteiger partial charge in [-0.1, -0.05) is 18.1 Å². The first-order valence-electron chi connectivity index (χ1n) is 9.23. The van der Waals surface area contributed by atoms with Gasteiger partial charge >= 0.3 is 0 Å². The van der Waals surface area contributed by atoms with Gasteiger partial charge in [-0.3, -0.25) is 9.59 Å². The average molecular weight is 411 g/mol. The molecule has 0 unspecified atom stereocenters. The number of hydrogen-bond donors (Lipinski definition) is 2. The van der Waals surface area contributed by atoms with Crippen molar-refractivity contribution in [1.29, 1.82) is 0 Å². The van der Waals surface area contributed by atoms with Gasteiger partial charge in [-0.25, -0.2) is 9.82 Å². The zero-order chi connectivity index (χ0) is 21.8. The largest absolute Gasteiger partial charge is 0.490 e. The van der Waals surface area contributed by atoms with Crippen molar-refractivity contribution in [3.63, 3.8) is 0 Å². The normalized spacial score (nSPS) is 10.3. The van der Waals surface area contributed by atoms with Gasteiger partial charge in [-0.05, 0) is 42.8 Å². The molecule has 0 spiro atoms. The Morgan fingerprint density at radius 1 is 1.13 bits per heavy atom. The van der Waals surface area contributed by atoms with E-state index in [1.807, 2.05) is 6.92 Å². The predicted octanol–water partition coefficient (Wildman–Crippen LogP) is 3.11. The minimum absolute atomic E-state index is 0.0701. The van der Waals surface area contributed by atoms with Gasteiger partial charge in [0.25, 0.3) is 0 Å². The van der Waals surface area contributed by atoms with E-state index in [4.69, 9.17) is 15.9 Å². The van der Waals surface area contributed by atoms with Gasteiger partial charge in [0.15, 0.2) is 11.5 Å². The number of halogens is 1. The number of carbonyl (C=O) groups is 2. The van der Waals surface area contributed by atoms with Crippen LogP contribution in [0, 0.1) is 18.2 Å². The number of anilines is 1. The van der Waals surface area contributed by atoms with Crippen molar-refractivity contribution in [3.8, 4) is 23.8 Å². The molecule has 8 heteroatoms. The van der Waals surface area contributed by atoms with Crippen LogP contribution in [-0.2, 0) is 9.59 Å². The molecule has 0 aromatic heterocycles. The van der Waals surface area contributed by atoms with Crippen molar-refractivity contribution < 1.29 is 23.5 Å². The zero-order valence-electron chi connectivity index (χ0n) is 16.5. The van der Waals surface area contributed by atoms with Gasteiger partial charge in [0.05, 0.1) is 18.5 Å². The van der Waals surface area contributed by atoms with Crippen LogP contribution in [-0.4, -0.2) is 31.2 Å². The average Bonchev–Trinajstić information content (AvgIpc) is 2.73. The monoisotopic (exact) mass is 411 g/mol. The van der Waals surface area contributed by atoms with E-state index in [1.54, 1.807) is 24.3 Å². The highest BCUT2D eigenvalue weighted by Crippen LogP contribution is 2.27. The van der Waals surface area contributed by atoms with Crippen molar-refractivity contribution >= 4 is 23.7 Å². The summed E-state index contributed by atoms with van der Waals surface area (Å²) in [6, 6.07) is 10.9. The van der Waals surface area contributed by atoms with Crippen LogP contribution < -0.4 is 20.2 Å². The number of terminal acetylenes is 1. The third-order valence-electron chi connectivity index (χ3n) is 3.71. The summed E-state index contributed by atoms with van der Waals surface area (Å²) >= 11 is 0. The van der Waals surface area contributed by atoms with Crippen molar-refractivity contribution in [2.45, 2.75) is 19.8 Å². The summed E-state index contributed by atoms with van der Waals surface area (Å²) < 4.78 is 24.4. The second-order valence-electron chi connectivity index (χ2n) is 5.95. The SMILES string of the molecule is C#CCOc1ccc(C=NNC(=O)CCC(=O)Nc2ccccc2F)cc1OCC. The van der Waals surface area contributed by atoms with E-state index in [2.05, 4.69) is 21.8 Å². The summed E-state index contributed by atoms with van der Waals surface area (Å²) in [6.07, 6.45) is 6.43. The number of hydrogen-bond acceptors (Lipinski definition) is 5. The van der Waals surface area contributed by atoms with E-state index in [-0.39, 0.29) is 25.1 Å². The van der Waals surface area contributed by atoms with Crippen molar-refractivity contribution in [2.75, 3.05) is 18.5 Å². The van der Waals surface area contributed by atoms with Crippen LogP contribution in [0.25, 0.3) is 0 Å². The molecule has 0 fully saturated rings. The maximum absolute atomic E-state index is 13.5. The Hall–Kier alpha value is -3.86. The second-order valence-corrected chi connectivity index (χ2v) is 5.95. The molecule has 30 heavy (non-hydrogen) atoms. The summed E-state index contributed by atoms with van der Waals surface area (Å²) in [5, 5.41) is 6.28. The first-order valence-corrected chi connectivity index (χ1v) is 9.23. The molecule has 2 N–H and O–H groups in total. The number of hydrazone groups is 1. The van der Waals surface area contributed by atoms with Crippen LogP contribution in [0.4, 0.5) is 10.1 Å². The first kappa shape index (κ1) is 22.4. The maximum Gasteiger partial charge on any atom is 0.240 e. The van der Waals surface area contributed by atoms with Crippen LogP contribution in [0.2, 0.25) is 0 Å². The fourth-order valence-corrected chi connectivity index (χ4v) is 2.35. The van der Waals surface area contributed by atoms with Crippen LogP contribution >= 0.6 is 0 Å². The molecule has 2 amide bonds. The Morgan fingerprint density at radius 3 is 2.63 bits per heavy atom. The molecule has 0 aliphatic rings. The molecule has 0 radical (unpaired) electrons. The van der Waals surface area contributed by atoms with Crippen LogP contribution in [0.15, 0.2) is 47.6 Å². The van der Waals surface area contributed by atoms with Gasteiger partial charge in [0.2, 0.25) is 11.8 Å². The van der Waals surface area contributed by atoms with E-state index in [1.165, 1.54) is 24.4 Å². The van der Waals surface area contributed by atoms with E-state index in [9.17, 15) is 14.0 Å². The van der Waals surface area contributed by atoms with Crippen molar-refractivity contribution in [3.05, 3.63) is 53.8 Å². The topological polar surface area (TPSA) is 89.0 Å². The zero-order valence-corrected chi connectivity index (χ0v) is 16.5. The molecule has 2 aromatic carbocycles. The van der Waals surface area contributed by atoms with Crippen molar-refractivity contribution in [2.24, 2.45) is 5.10 Å². The van der Waals surface area contributed by atoms with Crippen LogP contribution in [0.3, 0.4) is 0 Å². The van der Waals surface area contributed by atoms with Gasteiger partial charge in [-0.15, -0.1) is 6.42 Å². The molecule has 156 valence electrons. The summed E-state index contributed by atoms with van der Waals surface area (Å²) in [4.78, 5) is 23.7. The maximum atomic E-state index is 13.5. The van der Waals surface area contributed by atoms with Crippen molar-refractivity contribution in [1.82, 2.24) is 5.43 Å². The molecule has 0 aliphatic heterocycles. The van der Waals surface area contributed by atoms with Gasteiger partial charge in [0, 0.05) is 12.8 Å². The molecule has 0 aliphatic carbocycles. The Morgan fingerprint density at radius 2 is 1.90 bits per heavy atom. The number of nitrogens with one attached hydrogen (secondary N) is 2. The number of benzene rings is 2. The Kier molecular flexibility index (Phi) is 8.87. The Balaban J connectivity index is 1.83. The Bertz CT molecular complexity index is 954. The standard InChI is InChI=1S/C22H22FN3O4/c1-3-13-30-19-10-9-16(14-20(19)29-4-2)15-24-26-22(28)12-11-21(27)25-18-8-6-5-7-17(18)23/h1,5-10,14-15H,4,11-13H2,2H3,(H,25,27)(H,26,28). The fraction of sp³-hybridized carbons (Fsp3) is 0.227. The highest BCUT2D eigenvalue weighted by atomic mass is 19.1. The lowest BCUT2D eigenvalue weighted by molar-refractivity contribution is -0.124. The minimum Gasteiger partial charge on any atom is -0.490 e. The molecular formula is C22H22FN3O4. The lowest BCUT2D eigenvalue weighted by atomic mass is 10.2. The number of nitrogens with zero attached hydrogens (tertiary/aromatic N) is 1. The first-order chi connectivity index (χ1) is 14.5. The second kappa shape index (κ2) is 11.9. The fourth-order valence-electron chi connectivity index (χ4n) is 2.35. The Labute approximate surface area is 174 Å². The number of ether oxygens (including phenoxy) is 2. The molecule has 0 saturated carbocycles. The highest BCUT2D eigenvalue weighted by molar-refractivity contribution is 5.93. The highest BCUT2D eigenvalue weighted by Gasteiger charge is 2.09. The van der Waals surface area contributed by atoms with Gasteiger partial charge < -0.3 is 14.8 Å². The molecule has 0 heterocycles. The molecule has 0 atom stereocenters. The lowest BCUT2D eigenvalue weighted by Gasteiger charge is -2.10. The number of para-hydroxylation sites is 1. The summed E-state index contributed by atoms with van der Waals surface area (Å²) in [7, 11) is 0. The summed E-state index contributed by atoms with van der Waals surface area (Å²) in [5.41, 5.74) is 3.08. The minimum atomic E-state index is -0.540. The third-order valence-corrected chi connectivity index (χ3v) is 3.71. The third kappa shape index (κ3) is 7.28. The van der Waals surface area contributed by atoms with E-state index in [0.717, 1.165) is 0 Å². The predicted molar refractivity (Wildman–Crippen MR) is 112 cm³/mol. The van der Waals surface area contributed by atoms with E-state index < -0.39 is 17.6 Å². The quantitative estimate of drug-likeness (QED) is 0.357. The molecule has 7 nitrogen and oxygen atoms in total. The van der Waals surface area contributed by atoms with Gasteiger partial charge in [-0.2, -0.15) is 5.10 Å². The molecule has 0 bridgehead atoms. The van der Waals surface area contributed by atoms with E-state index >= 15 is 0 Å². The van der Waals surface area contributed by atoms with E-state index in [0.29, 0.717) is 23.7 Å². The molecular weight excluding hydrogens is 389 g/mol. The van der Waals surface area contributed by atoms with Crippen LogP contribution in [0.5, 0.6) is 11.5 Å². The summed E-state index contributed by atoms with van der Waals surface area (Å²) in [6.45, 7) is 2.40. The molecule has 2 rings (SSSR count). The number of carbonyl (C=O) groups excluding carboxylic acids is 2. The smallest absolute Gasteiger partial charge is 0.240 e. The molecule has 0 saturated heterocycles. The number of amides is 2. The summed E-state index contributed by atoms with van der Waals surface area (Å²) in [5.74, 6) is 1.94. The van der Waals surface area contributed by atoms with Crippen LogP contribution in [0.1, 0.15) is 25.3 Å². The number of rotatable bonds is 10. The molecule has 2 aromatic rings.